The maximum Gasteiger partial charge on any atom is 0.408 e. The number of rotatable bonds is 2. The minimum absolute atomic E-state index is 0. The molecule has 1 N–H and O–H groups in total. The summed E-state index contributed by atoms with van der Waals surface area (Å²) < 4.78 is 67.0. The molecule has 22 heavy (non-hydrogen) atoms. The van der Waals surface area contributed by atoms with Crippen molar-refractivity contribution in [3.8, 4) is 0 Å². The fourth-order valence-electron chi connectivity index (χ4n) is 2.29. The third-order valence-electron chi connectivity index (χ3n) is 3.18. The average Bonchev–Trinajstić information content (AvgIpc) is 2.39. The molecule has 10 heteroatoms. The summed E-state index contributed by atoms with van der Waals surface area (Å²) in [6.45, 7) is 0.856. The molecular formula is C12H14Cl3F5N2. The van der Waals surface area contributed by atoms with E-state index in [0.29, 0.717) is 25.2 Å². The van der Waals surface area contributed by atoms with Crippen LogP contribution in [0.2, 0.25) is 5.02 Å². The fourth-order valence-corrected chi connectivity index (χ4v) is 2.54. The number of alkyl halides is 3. The van der Waals surface area contributed by atoms with Crippen molar-refractivity contribution in [1.29, 1.82) is 0 Å². The van der Waals surface area contributed by atoms with Gasteiger partial charge in [-0.1, -0.05) is 11.6 Å². The Balaban J connectivity index is 0.00000220. The van der Waals surface area contributed by atoms with Gasteiger partial charge in [-0.15, -0.1) is 24.8 Å². The van der Waals surface area contributed by atoms with E-state index in [1.807, 2.05) is 0 Å². The van der Waals surface area contributed by atoms with Gasteiger partial charge < -0.3 is 5.32 Å². The highest BCUT2D eigenvalue weighted by atomic mass is 35.5. The smallest absolute Gasteiger partial charge is 0.314 e. The standard InChI is InChI=1S/C12H12ClF5N2.2ClH/c13-10-8(15)2-1-7(14)9(10)11(12(16,17)18)20-5-3-19-4-6-20;;/h1-2,11,19H,3-6H2;2*1H/t11-;;/m0../s1. The molecule has 0 radical (unpaired) electrons. The first kappa shape index (κ1) is 21.7. The normalized spacial score (nSPS) is 17.4. The summed E-state index contributed by atoms with van der Waals surface area (Å²) in [6, 6.07) is -0.864. The second-order valence-electron chi connectivity index (χ2n) is 4.49. The SMILES string of the molecule is Cl.Cl.Fc1ccc(F)c([C@H](N2CCNCC2)C(F)(F)F)c1Cl. The molecule has 0 amide bonds. The quantitative estimate of drug-likeness (QED) is 0.610. The summed E-state index contributed by atoms with van der Waals surface area (Å²) in [6.07, 6.45) is -4.74. The first-order chi connectivity index (χ1) is 9.32. The van der Waals surface area contributed by atoms with E-state index in [4.69, 9.17) is 11.6 Å². The summed E-state index contributed by atoms with van der Waals surface area (Å²) in [5.74, 6) is -2.22. The van der Waals surface area contributed by atoms with Gasteiger partial charge in [0.15, 0.2) is 0 Å². The van der Waals surface area contributed by atoms with Crippen molar-refractivity contribution >= 4 is 36.4 Å². The molecule has 1 aromatic rings. The van der Waals surface area contributed by atoms with Crippen LogP contribution in [0.15, 0.2) is 12.1 Å². The number of nitrogens with one attached hydrogen (secondary N) is 1. The predicted octanol–water partition coefficient (Wildman–Crippen LogP) is 3.97. The molecule has 0 spiro atoms. The van der Waals surface area contributed by atoms with Crippen molar-refractivity contribution in [2.75, 3.05) is 26.2 Å². The van der Waals surface area contributed by atoms with Gasteiger partial charge in [0, 0.05) is 31.7 Å². The van der Waals surface area contributed by atoms with Gasteiger partial charge >= 0.3 is 6.18 Å². The van der Waals surface area contributed by atoms with Crippen molar-refractivity contribution in [3.05, 3.63) is 34.4 Å². The summed E-state index contributed by atoms with van der Waals surface area (Å²) in [5.41, 5.74) is -0.846. The first-order valence-electron chi connectivity index (χ1n) is 5.97. The first-order valence-corrected chi connectivity index (χ1v) is 6.35. The molecule has 0 aromatic heterocycles. The maximum absolute atomic E-state index is 13.8. The van der Waals surface area contributed by atoms with Crippen LogP contribution in [0.25, 0.3) is 0 Å². The van der Waals surface area contributed by atoms with Crippen molar-refractivity contribution in [1.82, 2.24) is 10.2 Å². The highest BCUT2D eigenvalue weighted by Gasteiger charge is 2.47. The molecule has 2 nitrogen and oxygen atoms in total. The Morgan fingerprint density at radius 3 is 2.05 bits per heavy atom. The molecule has 1 saturated heterocycles. The van der Waals surface area contributed by atoms with Crippen LogP contribution >= 0.6 is 36.4 Å². The summed E-state index contributed by atoms with van der Waals surface area (Å²) in [7, 11) is 0. The maximum atomic E-state index is 13.8. The van der Waals surface area contributed by atoms with Crippen molar-refractivity contribution in [2.45, 2.75) is 12.2 Å². The Kier molecular flexibility index (Phi) is 8.36. The number of hydrogen-bond acceptors (Lipinski definition) is 2. The second kappa shape index (κ2) is 8.49. The monoisotopic (exact) mass is 386 g/mol. The molecule has 1 heterocycles. The molecule has 0 bridgehead atoms. The van der Waals surface area contributed by atoms with Crippen LogP contribution in [0, 0.1) is 11.6 Å². The van der Waals surface area contributed by atoms with E-state index in [9.17, 15) is 22.0 Å². The number of halogens is 8. The Morgan fingerprint density at radius 1 is 1.05 bits per heavy atom. The van der Waals surface area contributed by atoms with Crippen molar-refractivity contribution in [2.24, 2.45) is 0 Å². The van der Waals surface area contributed by atoms with Gasteiger partial charge in [-0.25, -0.2) is 8.78 Å². The van der Waals surface area contributed by atoms with E-state index in [1.165, 1.54) is 0 Å². The number of hydrogen-bond donors (Lipinski definition) is 1. The van der Waals surface area contributed by atoms with Crippen LogP contribution in [0.4, 0.5) is 22.0 Å². The van der Waals surface area contributed by atoms with Gasteiger partial charge in [0.25, 0.3) is 0 Å². The molecule has 0 saturated carbocycles. The molecule has 2 rings (SSSR count). The van der Waals surface area contributed by atoms with Crippen LogP contribution in [-0.2, 0) is 0 Å². The topological polar surface area (TPSA) is 15.3 Å². The lowest BCUT2D eigenvalue weighted by Gasteiger charge is -2.36. The Morgan fingerprint density at radius 2 is 1.55 bits per heavy atom. The summed E-state index contributed by atoms with van der Waals surface area (Å²) in [4.78, 5) is 1.06. The van der Waals surface area contributed by atoms with Crippen molar-refractivity contribution in [3.63, 3.8) is 0 Å². The van der Waals surface area contributed by atoms with E-state index in [-0.39, 0.29) is 37.9 Å². The molecule has 0 aliphatic carbocycles. The number of nitrogens with zero attached hydrogens (tertiary/aromatic N) is 1. The lowest BCUT2D eigenvalue weighted by atomic mass is 10.0. The van der Waals surface area contributed by atoms with Gasteiger partial charge in [-0.2, -0.15) is 13.2 Å². The number of benzene rings is 1. The molecule has 1 aliphatic heterocycles. The number of piperazine rings is 1. The van der Waals surface area contributed by atoms with E-state index >= 15 is 0 Å². The van der Waals surface area contributed by atoms with Gasteiger partial charge in [0.1, 0.15) is 17.7 Å². The van der Waals surface area contributed by atoms with Crippen molar-refractivity contribution < 1.29 is 22.0 Å². The minimum Gasteiger partial charge on any atom is -0.314 e. The molecule has 1 atom stereocenters. The zero-order chi connectivity index (χ0) is 14.9. The van der Waals surface area contributed by atoms with Gasteiger partial charge in [-0.3, -0.25) is 4.90 Å². The minimum atomic E-state index is -4.74. The zero-order valence-electron chi connectivity index (χ0n) is 11.1. The predicted molar refractivity (Wildman–Crippen MR) is 79.1 cm³/mol. The fraction of sp³-hybridized carbons (Fsp3) is 0.500. The van der Waals surface area contributed by atoms with Crippen LogP contribution in [-0.4, -0.2) is 37.3 Å². The summed E-state index contributed by atoms with van der Waals surface area (Å²) >= 11 is 5.56. The molecular weight excluding hydrogens is 373 g/mol. The molecule has 1 aromatic carbocycles. The van der Waals surface area contributed by atoms with E-state index in [0.717, 1.165) is 4.90 Å². The lowest BCUT2D eigenvalue weighted by Crippen LogP contribution is -2.49. The third kappa shape index (κ3) is 4.58. The van der Waals surface area contributed by atoms with Crippen LogP contribution < -0.4 is 5.32 Å². The second-order valence-corrected chi connectivity index (χ2v) is 4.86. The third-order valence-corrected chi connectivity index (χ3v) is 3.56. The Bertz CT molecular complexity index is 492. The van der Waals surface area contributed by atoms with E-state index in [1.54, 1.807) is 0 Å². The van der Waals surface area contributed by atoms with E-state index < -0.39 is 34.4 Å². The van der Waals surface area contributed by atoms with E-state index in [2.05, 4.69) is 5.32 Å². The molecule has 0 unspecified atom stereocenters. The largest absolute Gasteiger partial charge is 0.408 e. The van der Waals surface area contributed by atoms with Gasteiger partial charge in [-0.05, 0) is 12.1 Å². The van der Waals surface area contributed by atoms with Gasteiger partial charge in [0.05, 0.1) is 5.02 Å². The Hall–Kier alpha value is -0.340. The molecule has 1 aliphatic rings. The highest BCUT2D eigenvalue weighted by Crippen LogP contribution is 2.42. The van der Waals surface area contributed by atoms with Crippen LogP contribution in [0.5, 0.6) is 0 Å². The lowest BCUT2D eigenvalue weighted by molar-refractivity contribution is -0.188. The molecule has 1 fully saturated rings. The van der Waals surface area contributed by atoms with Crippen LogP contribution in [0.3, 0.4) is 0 Å². The Labute approximate surface area is 141 Å². The zero-order valence-corrected chi connectivity index (χ0v) is 13.5. The van der Waals surface area contributed by atoms with Gasteiger partial charge in [0.2, 0.25) is 0 Å². The molecule has 128 valence electrons. The average molecular weight is 388 g/mol. The summed E-state index contributed by atoms with van der Waals surface area (Å²) in [5, 5.41) is 2.09. The highest BCUT2D eigenvalue weighted by molar-refractivity contribution is 6.31. The van der Waals surface area contributed by atoms with Crippen LogP contribution in [0.1, 0.15) is 11.6 Å².